The van der Waals surface area contributed by atoms with Crippen LogP contribution in [0.4, 0.5) is 5.82 Å². The fraction of sp³-hybridized carbons (Fsp3) is 0.688. The van der Waals surface area contributed by atoms with Gasteiger partial charge in [0.25, 0.3) is 0 Å². The predicted octanol–water partition coefficient (Wildman–Crippen LogP) is 2.50. The minimum atomic E-state index is -0.0189. The molecule has 1 saturated carbocycles. The summed E-state index contributed by atoms with van der Waals surface area (Å²) in [4.78, 5) is 22.8. The summed E-state index contributed by atoms with van der Waals surface area (Å²) >= 11 is 1.78. The monoisotopic (exact) mass is 320 g/mol. The van der Waals surface area contributed by atoms with E-state index in [1.165, 1.54) is 0 Å². The first-order valence-corrected chi connectivity index (χ1v) is 9.15. The maximum atomic E-state index is 12.1. The van der Waals surface area contributed by atoms with E-state index < -0.39 is 0 Å². The summed E-state index contributed by atoms with van der Waals surface area (Å²) in [7, 11) is 0. The summed E-state index contributed by atoms with van der Waals surface area (Å²) in [6, 6.07) is 2.39. The summed E-state index contributed by atoms with van der Waals surface area (Å²) in [5.74, 6) is 1.42. The Kier molecular flexibility index (Phi) is 4.30. The first-order chi connectivity index (χ1) is 10.5. The quantitative estimate of drug-likeness (QED) is 0.903. The van der Waals surface area contributed by atoms with Gasteiger partial charge in [0, 0.05) is 31.1 Å². The number of aromatic nitrogens is 2. The molecule has 2 aliphatic rings. The number of hydrogen-bond donors (Lipinski definition) is 1. The lowest BCUT2D eigenvalue weighted by Crippen LogP contribution is -2.50. The number of rotatable bonds is 5. The summed E-state index contributed by atoms with van der Waals surface area (Å²) in [6.45, 7) is 6.22. The second-order valence-corrected chi connectivity index (χ2v) is 8.12. The molecule has 1 aromatic heterocycles. The third-order valence-corrected chi connectivity index (χ3v) is 6.03. The fourth-order valence-electron chi connectivity index (χ4n) is 2.81. The molecule has 0 atom stereocenters. The van der Waals surface area contributed by atoms with Gasteiger partial charge in [-0.05, 0) is 39.4 Å². The van der Waals surface area contributed by atoms with Crippen LogP contribution in [-0.4, -0.2) is 46.2 Å². The molecule has 2 fully saturated rings. The van der Waals surface area contributed by atoms with Crippen molar-refractivity contribution in [1.82, 2.24) is 14.9 Å². The molecule has 1 amide bonds. The molecule has 1 N–H and O–H groups in total. The van der Waals surface area contributed by atoms with Gasteiger partial charge in [0.05, 0.1) is 10.4 Å². The Morgan fingerprint density at radius 2 is 2.09 bits per heavy atom. The molecular formula is C16H24N4OS. The Morgan fingerprint density at radius 1 is 1.36 bits per heavy atom. The van der Waals surface area contributed by atoms with E-state index in [-0.39, 0.29) is 10.7 Å². The summed E-state index contributed by atoms with van der Waals surface area (Å²) in [6.07, 6.45) is 6.71. The summed E-state index contributed by atoms with van der Waals surface area (Å²) in [5.41, 5.74) is 1.03. The number of carbonyl (C=O) groups is 1. The van der Waals surface area contributed by atoms with Crippen LogP contribution in [0.15, 0.2) is 12.4 Å². The molecule has 1 aliphatic heterocycles. The molecule has 0 spiro atoms. The van der Waals surface area contributed by atoms with Gasteiger partial charge in [0.1, 0.15) is 12.1 Å². The number of nitrogens with zero attached hydrogens (tertiary/aromatic N) is 3. The van der Waals surface area contributed by atoms with Crippen LogP contribution in [0.1, 0.15) is 38.8 Å². The SMILES string of the molecule is CSC(C)(C)c1cc(N[C@H]2C[C@H](C(=O)N3CCC3)C2)ncn1. The lowest BCUT2D eigenvalue weighted by Gasteiger charge is -2.41. The second kappa shape index (κ2) is 6.07. The highest BCUT2D eigenvalue weighted by Crippen LogP contribution is 2.35. The van der Waals surface area contributed by atoms with E-state index in [1.807, 2.05) is 11.0 Å². The van der Waals surface area contributed by atoms with Crippen molar-refractivity contribution in [2.45, 2.75) is 43.9 Å². The number of thioether (sulfide) groups is 1. The van der Waals surface area contributed by atoms with Crippen LogP contribution in [-0.2, 0) is 9.54 Å². The van der Waals surface area contributed by atoms with Gasteiger partial charge in [-0.1, -0.05) is 0 Å². The van der Waals surface area contributed by atoms with E-state index >= 15 is 0 Å². The molecule has 5 nitrogen and oxygen atoms in total. The topological polar surface area (TPSA) is 58.1 Å². The van der Waals surface area contributed by atoms with Crippen LogP contribution >= 0.6 is 11.8 Å². The molecule has 0 unspecified atom stereocenters. The Hall–Kier alpha value is -1.30. The normalized spacial score (nSPS) is 24.4. The van der Waals surface area contributed by atoms with Crippen molar-refractivity contribution in [2.75, 3.05) is 24.7 Å². The molecule has 0 bridgehead atoms. The first-order valence-electron chi connectivity index (χ1n) is 7.92. The smallest absolute Gasteiger partial charge is 0.225 e. The Morgan fingerprint density at radius 3 is 2.68 bits per heavy atom. The standard InChI is InChI=1S/C16H24N4OS/c1-16(2,22-3)13-9-14(18-10-17-13)19-12-7-11(8-12)15(21)20-5-4-6-20/h9-12H,4-8H2,1-3H3,(H,17,18,19)/t11-,12-. The zero-order valence-corrected chi connectivity index (χ0v) is 14.3. The maximum Gasteiger partial charge on any atom is 0.225 e. The Labute approximate surface area is 136 Å². The van der Waals surface area contributed by atoms with E-state index in [0.29, 0.717) is 11.9 Å². The fourth-order valence-corrected chi connectivity index (χ4v) is 3.13. The van der Waals surface area contributed by atoms with Gasteiger partial charge in [-0.2, -0.15) is 11.8 Å². The lowest BCUT2D eigenvalue weighted by atomic mass is 9.79. The Balaban J connectivity index is 1.54. The number of nitrogens with one attached hydrogen (secondary N) is 1. The van der Waals surface area contributed by atoms with E-state index in [0.717, 1.165) is 43.9 Å². The van der Waals surface area contributed by atoms with E-state index in [2.05, 4.69) is 35.4 Å². The highest BCUT2D eigenvalue weighted by Gasteiger charge is 2.38. The highest BCUT2D eigenvalue weighted by atomic mass is 32.2. The van der Waals surface area contributed by atoms with E-state index in [9.17, 15) is 4.79 Å². The van der Waals surface area contributed by atoms with Crippen LogP contribution in [0.25, 0.3) is 0 Å². The van der Waals surface area contributed by atoms with Crippen molar-refractivity contribution < 1.29 is 4.79 Å². The number of likely N-dealkylation sites (tertiary alicyclic amines) is 1. The zero-order chi connectivity index (χ0) is 15.7. The zero-order valence-electron chi connectivity index (χ0n) is 13.5. The number of hydrogen-bond acceptors (Lipinski definition) is 5. The van der Waals surface area contributed by atoms with Crippen molar-refractivity contribution in [3.05, 3.63) is 18.1 Å². The number of amides is 1. The number of carbonyl (C=O) groups excluding carboxylic acids is 1. The predicted molar refractivity (Wildman–Crippen MR) is 89.9 cm³/mol. The summed E-state index contributed by atoms with van der Waals surface area (Å²) < 4.78 is -0.0189. The highest BCUT2D eigenvalue weighted by molar-refractivity contribution is 7.99. The largest absolute Gasteiger partial charge is 0.367 e. The van der Waals surface area contributed by atoms with Gasteiger partial charge in [-0.25, -0.2) is 9.97 Å². The third kappa shape index (κ3) is 3.07. The van der Waals surface area contributed by atoms with Gasteiger partial charge in [-0.15, -0.1) is 0 Å². The van der Waals surface area contributed by atoms with Gasteiger partial charge >= 0.3 is 0 Å². The van der Waals surface area contributed by atoms with Crippen LogP contribution < -0.4 is 5.32 Å². The van der Waals surface area contributed by atoms with Crippen molar-refractivity contribution in [1.29, 1.82) is 0 Å². The maximum absolute atomic E-state index is 12.1. The van der Waals surface area contributed by atoms with Crippen molar-refractivity contribution >= 4 is 23.5 Å². The van der Waals surface area contributed by atoms with E-state index in [4.69, 9.17) is 0 Å². The molecule has 0 aromatic carbocycles. The minimum Gasteiger partial charge on any atom is -0.367 e. The molecule has 3 rings (SSSR count). The second-order valence-electron chi connectivity index (χ2n) is 6.69. The van der Waals surface area contributed by atoms with Crippen molar-refractivity contribution in [2.24, 2.45) is 5.92 Å². The molecule has 1 aliphatic carbocycles. The average Bonchev–Trinajstić information content (AvgIpc) is 2.40. The number of anilines is 1. The van der Waals surface area contributed by atoms with Gasteiger partial charge in [-0.3, -0.25) is 4.79 Å². The first kappa shape index (κ1) is 15.6. The molecule has 1 aromatic rings. The molecular weight excluding hydrogens is 296 g/mol. The minimum absolute atomic E-state index is 0.0189. The molecule has 1 saturated heterocycles. The van der Waals surface area contributed by atoms with Gasteiger partial charge in [0.15, 0.2) is 0 Å². The Bertz CT molecular complexity index is 553. The summed E-state index contributed by atoms with van der Waals surface area (Å²) in [5, 5.41) is 3.44. The van der Waals surface area contributed by atoms with E-state index in [1.54, 1.807) is 18.1 Å². The molecule has 120 valence electrons. The van der Waals surface area contributed by atoms with Crippen molar-refractivity contribution in [3.8, 4) is 0 Å². The molecule has 0 radical (unpaired) electrons. The molecule has 22 heavy (non-hydrogen) atoms. The van der Waals surface area contributed by atoms with Crippen LogP contribution in [0.5, 0.6) is 0 Å². The lowest BCUT2D eigenvalue weighted by molar-refractivity contribution is -0.142. The molecule has 2 heterocycles. The van der Waals surface area contributed by atoms with Crippen LogP contribution in [0, 0.1) is 5.92 Å². The van der Waals surface area contributed by atoms with Crippen LogP contribution in [0.3, 0.4) is 0 Å². The van der Waals surface area contributed by atoms with Gasteiger partial charge in [0.2, 0.25) is 5.91 Å². The van der Waals surface area contributed by atoms with Crippen LogP contribution in [0.2, 0.25) is 0 Å². The van der Waals surface area contributed by atoms with Gasteiger partial charge < -0.3 is 10.2 Å². The average molecular weight is 320 g/mol. The third-order valence-electron chi connectivity index (χ3n) is 4.80. The van der Waals surface area contributed by atoms with Crippen molar-refractivity contribution in [3.63, 3.8) is 0 Å². The molecule has 6 heteroatoms.